The van der Waals surface area contributed by atoms with Crippen LogP contribution in [0, 0.1) is 0 Å². The van der Waals surface area contributed by atoms with Crippen molar-refractivity contribution in [3.8, 4) is 0 Å². The maximum Gasteiger partial charge on any atom is 0.346 e. The molecule has 1 N–H and O–H groups in total. The second kappa shape index (κ2) is 6.17. The van der Waals surface area contributed by atoms with Crippen LogP contribution in [-0.4, -0.2) is 31.9 Å². The molecule has 17 heavy (non-hydrogen) atoms. The molecule has 6 heteroatoms. The maximum atomic E-state index is 11.1. The maximum absolute atomic E-state index is 11.1. The molecule has 0 atom stereocenters. The van der Waals surface area contributed by atoms with E-state index in [-0.39, 0.29) is 0 Å². The predicted molar refractivity (Wildman–Crippen MR) is 62.4 cm³/mol. The number of aliphatic hydroxyl groups excluding tert-OH is 1. The van der Waals surface area contributed by atoms with Gasteiger partial charge in [-0.25, -0.2) is 4.79 Å². The van der Waals surface area contributed by atoms with E-state index in [0.29, 0.717) is 0 Å². The van der Waals surface area contributed by atoms with Gasteiger partial charge in [0.1, 0.15) is 5.75 Å². The first-order valence-corrected chi connectivity index (χ1v) is 6.41. The summed E-state index contributed by atoms with van der Waals surface area (Å²) >= 11 is 0. The molecule has 0 fully saturated rings. The van der Waals surface area contributed by atoms with Crippen molar-refractivity contribution in [1.82, 2.24) is 0 Å². The summed E-state index contributed by atoms with van der Waals surface area (Å²) in [7, 11) is -3.99. The molecule has 0 aliphatic heterocycles. The highest BCUT2D eigenvalue weighted by molar-refractivity contribution is 7.87. The van der Waals surface area contributed by atoms with Crippen molar-refractivity contribution in [3.05, 3.63) is 42.0 Å². The summed E-state index contributed by atoms with van der Waals surface area (Å²) < 4.78 is 26.2. The van der Waals surface area contributed by atoms with Gasteiger partial charge in [-0.15, -0.1) is 0 Å². The van der Waals surface area contributed by atoms with E-state index < -0.39 is 28.4 Å². The summed E-state index contributed by atoms with van der Waals surface area (Å²) in [6, 6.07) is 8.90. The van der Waals surface area contributed by atoms with Crippen molar-refractivity contribution < 1.29 is 22.5 Å². The van der Waals surface area contributed by atoms with Crippen molar-refractivity contribution in [2.45, 2.75) is 0 Å². The molecule has 0 saturated carbocycles. The molecule has 0 spiro atoms. The van der Waals surface area contributed by atoms with E-state index in [4.69, 9.17) is 5.11 Å². The van der Waals surface area contributed by atoms with Crippen LogP contribution in [0.1, 0.15) is 5.56 Å². The first-order valence-electron chi connectivity index (χ1n) is 4.83. The van der Waals surface area contributed by atoms with Crippen LogP contribution in [0.3, 0.4) is 0 Å². The number of hydrogen-bond acceptors (Lipinski definition) is 5. The highest BCUT2D eigenvalue weighted by Crippen LogP contribution is 2.02. The standard InChI is InChI=1S/C11H12O5S/c12-8-9-17(14,15)16-11(13)7-6-10-4-2-1-3-5-10/h1-7,12H,8-9H2. The Morgan fingerprint density at radius 2 is 1.94 bits per heavy atom. The molecule has 5 nitrogen and oxygen atoms in total. The molecular weight excluding hydrogens is 244 g/mol. The highest BCUT2D eigenvalue weighted by Gasteiger charge is 2.13. The Bertz CT molecular complexity index is 490. The molecule has 1 aromatic rings. The Labute approximate surface area is 99.5 Å². The van der Waals surface area contributed by atoms with Gasteiger partial charge in [-0.1, -0.05) is 30.3 Å². The van der Waals surface area contributed by atoms with Crippen molar-refractivity contribution in [2.75, 3.05) is 12.4 Å². The minimum absolute atomic E-state index is 0.585. The molecule has 0 bridgehead atoms. The average molecular weight is 256 g/mol. The molecule has 0 aromatic heterocycles. The summed E-state index contributed by atoms with van der Waals surface area (Å²) in [5.74, 6) is -1.58. The van der Waals surface area contributed by atoms with Crippen molar-refractivity contribution in [1.29, 1.82) is 0 Å². The topological polar surface area (TPSA) is 80.7 Å². The molecule has 0 unspecified atom stereocenters. The number of carbonyl (C=O) groups excluding carboxylic acids is 1. The van der Waals surface area contributed by atoms with Crippen LogP contribution in [0.25, 0.3) is 6.08 Å². The molecule has 92 valence electrons. The zero-order valence-corrected chi connectivity index (χ0v) is 9.76. The van der Waals surface area contributed by atoms with Gasteiger partial charge >= 0.3 is 16.1 Å². The number of benzene rings is 1. The summed E-state index contributed by atoms with van der Waals surface area (Å²) in [6.07, 6.45) is 2.46. The lowest BCUT2D eigenvalue weighted by atomic mass is 10.2. The molecule has 0 heterocycles. The SMILES string of the molecule is O=C(C=Cc1ccccc1)OS(=O)(=O)CCO. The lowest BCUT2D eigenvalue weighted by Gasteiger charge is -2.00. The minimum atomic E-state index is -3.99. The summed E-state index contributed by atoms with van der Waals surface area (Å²) in [4.78, 5) is 11.1. The number of rotatable bonds is 5. The largest absolute Gasteiger partial charge is 0.395 e. The Hall–Kier alpha value is -1.66. The molecule has 0 saturated heterocycles. The van der Waals surface area contributed by atoms with E-state index in [2.05, 4.69) is 4.18 Å². The smallest absolute Gasteiger partial charge is 0.346 e. The van der Waals surface area contributed by atoms with Crippen molar-refractivity contribution in [3.63, 3.8) is 0 Å². The molecule has 0 aliphatic rings. The normalized spacial score (nSPS) is 11.6. The zero-order chi connectivity index (χ0) is 12.7. The molecule has 1 rings (SSSR count). The van der Waals surface area contributed by atoms with Crippen LogP contribution < -0.4 is 0 Å². The van der Waals surface area contributed by atoms with E-state index in [1.807, 2.05) is 6.07 Å². The second-order valence-corrected chi connectivity index (χ2v) is 4.82. The fourth-order valence-electron chi connectivity index (χ4n) is 1.03. The third kappa shape index (κ3) is 5.28. The van der Waals surface area contributed by atoms with Gasteiger partial charge in [-0.2, -0.15) is 8.42 Å². The average Bonchev–Trinajstić information content (AvgIpc) is 2.27. The fourth-order valence-corrected chi connectivity index (χ4v) is 1.65. The van der Waals surface area contributed by atoms with Gasteiger partial charge in [0.05, 0.1) is 6.61 Å². The van der Waals surface area contributed by atoms with Crippen LogP contribution >= 0.6 is 0 Å². The van der Waals surface area contributed by atoms with Crippen LogP contribution in [0.5, 0.6) is 0 Å². The van der Waals surface area contributed by atoms with Gasteiger partial charge in [0, 0.05) is 6.08 Å². The molecular formula is C11H12O5S. The molecule has 0 amide bonds. The lowest BCUT2D eigenvalue weighted by Crippen LogP contribution is -2.16. The fraction of sp³-hybridized carbons (Fsp3) is 0.182. The third-order valence-corrected chi connectivity index (χ3v) is 2.86. The van der Waals surface area contributed by atoms with Gasteiger partial charge in [0.25, 0.3) is 0 Å². The van der Waals surface area contributed by atoms with Crippen molar-refractivity contribution >= 4 is 22.2 Å². The zero-order valence-electron chi connectivity index (χ0n) is 8.94. The molecule has 0 aliphatic carbocycles. The third-order valence-electron chi connectivity index (χ3n) is 1.76. The van der Waals surface area contributed by atoms with E-state index in [1.54, 1.807) is 24.3 Å². The predicted octanol–water partition coefficient (Wildman–Crippen LogP) is 0.565. The second-order valence-electron chi connectivity index (χ2n) is 3.13. The van der Waals surface area contributed by atoms with E-state index >= 15 is 0 Å². The van der Waals surface area contributed by atoms with Gasteiger partial charge < -0.3 is 9.29 Å². The van der Waals surface area contributed by atoms with E-state index in [9.17, 15) is 13.2 Å². The van der Waals surface area contributed by atoms with E-state index in [0.717, 1.165) is 11.6 Å². The Balaban J connectivity index is 2.59. The van der Waals surface area contributed by atoms with Crippen LogP contribution in [0.2, 0.25) is 0 Å². The summed E-state index contributed by atoms with van der Waals surface area (Å²) in [5.41, 5.74) is 0.754. The van der Waals surface area contributed by atoms with Gasteiger partial charge in [-0.05, 0) is 11.6 Å². The van der Waals surface area contributed by atoms with E-state index in [1.165, 1.54) is 6.08 Å². The lowest BCUT2D eigenvalue weighted by molar-refractivity contribution is -0.128. The first kappa shape index (κ1) is 13.4. The minimum Gasteiger partial charge on any atom is -0.395 e. The Morgan fingerprint density at radius 3 is 2.53 bits per heavy atom. The van der Waals surface area contributed by atoms with Gasteiger partial charge in [0.15, 0.2) is 0 Å². The van der Waals surface area contributed by atoms with Gasteiger partial charge in [-0.3, -0.25) is 0 Å². The van der Waals surface area contributed by atoms with Crippen molar-refractivity contribution in [2.24, 2.45) is 0 Å². The Morgan fingerprint density at radius 1 is 1.29 bits per heavy atom. The number of carbonyl (C=O) groups is 1. The van der Waals surface area contributed by atoms with Crippen LogP contribution in [0.15, 0.2) is 36.4 Å². The number of aliphatic hydroxyl groups is 1. The summed E-state index contributed by atoms with van der Waals surface area (Å²) in [5, 5.41) is 8.43. The van der Waals surface area contributed by atoms with Crippen LogP contribution in [-0.2, 0) is 19.1 Å². The quantitative estimate of drug-likeness (QED) is 0.615. The monoisotopic (exact) mass is 256 g/mol. The molecule has 0 radical (unpaired) electrons. The first-order chi connectivity index (χ1) is 8.03. The highest BCUT2D eigenvalue weighted by atomic mass is 32.2. The van der Waals surface area contributed by atoms with Gasteiger partial charge in [0.2, 0.25) is 0 Å². The van der Waals surface area contributed by atoms with Crippen LogP contribution in [0.4, 0.5) is 0 Å². The Kier molecular flexibility index (Phi) is 4.86. The number of hydrogen-bond donors (Lipinski definition) is 1. The molecule has 1 aromatic carbocycles. The summed E-state index contributed by atoms with van der Waals surface area (Å²) in [6.45, 7) is -0.585.